The van der Waals surface area contributed by atoms with Crippen LogP contribution in [0.3, 0.4) is 0 Å². The van der Waals surface area contributed by atoms with Crippen LogP contribution in [-0.2, 0) is 23.4 Å². The number of fused-ring (bicyclic) bond motifs is 2. The number of imidazole rings is 1. The van der Waals surface area contributed by atoms with Crippen molar-refractivity contribution in [3.63, 3.8) is 0 Å². The fraction of sp³-hybridized carbons (Fsp3) is 0.333. The van der Waals surface area contributed by atoms with E-state index in [0.717, 1.165) is 24.7 Å². The number of hydrogen-bond donors (Lipinski definition) is 1. The van der Waals surface area contributed by atoms with E-state index in [1.807, 2.05) is 32.4 Å². The molecule has 4 aromatic rings. The Kier molecular flexibility index (Phi) is 4.59. The minimum Gasteiger partial charge on any atom is -0.381 e. The van der Waals surface area contributed by atoms with Crippen LogP contribution >= 0.6 is 0 Å². The highest BCUT2D eigenvalue weighted by Gasteiger charge is 2.41. The smallest absolute Gasteiger partial charge is 0.256 e. The average molecular weight is 492 g/mol. The van der Waals surface area contributed by atoms with Gasteiger partial charge in [0.15, 0.2) is 21.3 Å². The third-order valence-corrected chi connectivity index (χ3v) is 8.13. The molecule has 6 rings (SSSR count). The topological polar surface area (TPSA) is 128 Å². The molecule has 35 heavy (non-hydrogen) atoms. The van der Waals surface area contributed by atoms with E-state index in [1.165, 1.54) is 0 Å². The Morgan fingerprint density at radius 2 is 1.91 bits per heavy atom. The number of nitrogens with zero attached hydrogens (tertiary/aromatic N) is 6. The number of rotatable bonds is 5. The molecule has 1 aliphatic heterocycles. The lowest BCUT2D eigenvalue weighted by Crippen LogP contribution is -2.35. The third-order valence-electron chi connectivity index (χ3n) is 7.01. The first kappa shape index (κ1) is 21.8. The Labute approximate surface area is 202 Å². The molecule has 1 atom stereocenters. The van der Waals surface area contributed by atoms with E-state index in [4.69, 9.17) is 5.73 Å². The molecule has 10 nitrogen and oxygen atoms in total. The van der Waals surface area contributed by atoms with Gasteiger partial charge in [-0.3, -0.25) is 13.9 Å². The Morgan fingerprint density at radius 3 is 2.57 bits per heavy atom. The highest BCUT2D eigenvalue weighted by atomic mass is 32.2. The zero-order chi connectivity index (χ0) is 24.6. The zero-order valence-corrected chi connectivity index (χ0v) is 20.5. The molecule has 1 aliphatic carbocycles. The number of nitrogens with two attached hydrogens (primary N) is 1. The van der Waals surface area contributed by atoms with Crippen LogP contribution in [0, 0.1) is 5.92 Å². The van der Waals surface area contributed by atoms with E-state index in [1.54, 1.807) is 32.4 Å². The van der Waals surface area contributed by atoms with Gasteiger partial charge in [-0.15, -0.1) is 0 Å². The average Bonchev–Trinajstić information content (AvgIpc) is 3.27. The Hall–Kier alpha value is -3.73. The second-order valence-corrected chi connectivity index (χ2v) is 11.5. The number of sulfone groups is 1. The Morgan fingerprint density at radius 1 is 1.14 bits per heavy atom. The van der Waals surface area contributed by atoms with Crippen LogP contribution in [0.5, 0.6) is 0 Å². The Bertz CT molecular complexity index is 1630. The van der Waals surface area contributed by atoms with E-state index in [0.29, 0.717) is 40.6 Å². The summed E-state index contributed by atoms with van der Waals surface area (Å²) < 4.78 is 29.1. The van der Waals surface area contributed by atoms with Crippen molar-refractivity contribution >= 4 is 27.2 Å². The van der Waals surface area contributed by atoms with E-state index < -0.39 is 9.84 Å². The van der Waals surface area contributed by atoms with Crippen molar-refractivity contribution in [1.29, 1.82) is 0 Å². The number of benzene rings is 1. The highest BCUT2D eigenvalue weighted by Crippen LogP contribution is 2.41. The van der Waals surface area contributed by atoms with Crippen molar-refractivity contribution < 1.29 is 13.2 Å². The number of amides is 1. The van der Waals surface area contributed by atoms with Crippen LogP contribution in [0.15, 0.2) is 41.8 Å². The lowest BCUT2D eigenvalue weighted by molar-refractivity contribution is 0.0694. The third kappa shape index (κ3) is 3.49. The van der Waals surface area contributed by atoms with E-state index >= 15 is 0 Å². The van der Waals surface area contributed by atoms with Crippen molar-refractivity contribution in [2.24, 2.45) is 13.0 Å². The van der Waals surface area contributed by atoms with Gasteiger partial charge >= 0.3 is 0 Å². The lowest BCUT2D eigenvalue weighted by atomic mass is 10.0. The summed E-state index contributed by atoms with van der Waals surface area (Å²) in [4.78, 5) is 24.1. The molecule has 0 spiro atoms. The maximum Gasteiger partial charge on any atom is 0.256 e. The zero-order valence-electron chi connectivity index (χ0n) is 19.6. The summed E-state index contributed by atoms with van der Waals surface area (Å²) in [6.07, 6.45) is 10.3. The van der Waals surface area contributed by atoms with Gasteiger partial charge in [0.05, 0.1) is 34.2 Å². The Balaban J connectivity index is 1.52. The van der Waals surface area contributed by atoms with Crippen LogP contribution in [0.25, 0.3) is 28.2 Å². The molecular weight excluding hydrogens is 466 g/mol. The molecule has 11 heteroatoms. The molecule has 1 amide bonds. The van der Waals surface area contributed by atoms with Gasteiger partial charge < -0.3 is 10.6 Å². The number of aryl methyl sites for hydroxylation is 1. The van der Waals surface area contributed by atoms with Crippen molar-refractivity contribution in [3.05, 3.63) is 48.0 Å². The van der Waals surface area contributed by atoms with Crippen LogP contribution in [0.2, 0.25) is 0 Å². The minimum atomic E-state index is -3.66. The van der Waals surface area contributed by atoms with Crippen LogP contribution in [0.4, 0.5) is 5.82 Å². The van der Waals surface area contributed by atoms with E-state index in [9.17, 15) is 13.2 Å². The van der Waals surface area contributed by atoms with Gasteiger partial charge in [0.1, 0.15) is 0 Å². The normalized spacial score (nSPS) is 16.8. The summed E-state index contributed by atoms with van der Waals surface area (Å²) in [5.41, 5.74) is 10.4. The summed E-state index contributed by atoms with van der Waals surface area (Å²) in [5.74, 6) is 0.521. The summed E-state index contributed by atoms with van der Waals surface area (Å²) in [5, 5.41) is 4.20. The quantitative estimate of drug-likeness (QED) is 0.454. The van der Waals surface area contributed by atoms with Crippen molar-refractivity contribution in [1.82, 2.24) is 29.0 Å². The highest BCUT2D eigenvalue weighted by molar-refractivity contribution is 7.90. The first-order chi connectivity index (χ1) is 16.6. The van der Waals surface area contributed by atoms with Crippen LogP contribution in [0.1, 0.15) is 35.7 Å². The summed E-state index contributed by atoms with van der Waals surface area (Å²) in [7, 11) is -1.84. The summed E-state index contributed by atoms with van der Waals surface area (Å²) >= 11 is 0. The molecule has 180 valence electrons. The number of aromatic nitrogens is 5. The molecule has 2 N–H and O–H groups in total. The predicted octanol–water partition coefficient (Wildman–Crippen LogP) is 2.54. The van der Waals surface area contributed by atoms with Crippen molar-refractivity contribution in [2.45, 2.75) is 37.2 Å². The van der Waals surface area contributed by atoms with Crippen molar-refractivity contribution in [3.8, 4) is 22.5 Å². The molecule has 3 aromatic heterocycles. The van der Waals surface area contributed by atoms with Gasteiger partial charge in [-0.05, 0) is 43.4 Å². The van der Waals surface area contributed by atoms with Gasteiger partial charge in [-0.25, -0.2) is 18.4 Å². The van der Waals surface area contributed by atoms with E-state index in [2.05, 4.69) is 15.1 Å². The molecule has 0 unspecified atom stereocenters. The fourth-order valence-corrected chi connectivity index (χ4v) is 5.89. The molecule has 0 radical (unpaired) electrons. The predicted molar refractivity (Wildman–Crippen MR) is 130 cm³/mol. The maximum atomic E-state index is 13.3. The number of carbonyl (C=O) groups is 1. The SMILES string of the molecule is C[C@@H](C1CC1)N1Cc2cc(-c3cnc4c(N)nc(-c5cnn(C)c5)cn34)cc(S(C)(=O)=O)c2C1=O. The number of anilines is 1. The first-order valence-corrected chi connectivity index (χ1v) is 13.3. The molecule has 1 fully saturated rings. The molecule has 1 saturated carbocycles. The molecule has 0 saturated heterocycles. The van der Waals surface area contributed by atoms with Gasteiger partial charge in [0.25, 0.3) is 5.91 Å². The van der Waals surface area contributed by atoms with Crippen LogP contribution < -0.4 is 5.73 Å². The maximum absolute atomic E-state index is 13.3. The number of hydrogen-bond acceptors (Lipinski definition) is 7. The van der Waals surface area contributed by atoms with Gasteiger partial charge in [-0.2, -0.15) is 5.10 Å². The van der Waals surface area contributed by atoms with E-state index in [-0.39, 0.29) is 28.2 Å². The second-order valence-electron chi connectivity index (χ2n) is 9.54. The molecule has 4 heterocycles. The number of carbonyl (C=O) groups excluding carboxylic acids is 1. The molecule has 1 aromatic carbocycles. The lowest BCUT2D eigenvalue weighted by Gasteiger charge is -2.24. The molecule has 2 aliphatic rings. The van der Waals surface area contributed by atoms with Crippen molar-refractivity contribution in [2.75, 3.05) is 12.0 Å². The van der Waals surface area contributed by atoms with Gasteiger partial charge in [0, 0.05) is 49.4 Å². The summed E-state index contributed by atoms with van der Waals surface area (Å²) in [6.45, 7) is 2.44. The minimum absolute atomic E-state index is 0.0463. The molecule has 0 bridgehead atoms. The standard InChI is InChI=1S/C24H25N7O3S/c1-13(14-4-5-14)30-11-16-6-15(7-20(35(3,33)34)21(16)24(30)32)19-9-26-23-22(25)28-18(12-31(19)23)17-8-27-29(2)10-17/h6-10,12-14H,4-5,11H2,1-3H3,(H2,25,28)/t13-/m0/s1. The van der Waals surface area contributed by atoms with Crippen LogP contribution in [-0.4, -0.2) is 55.7 Å². The summed E-state index contributed by atoms with van der Waals surface area (Å²) in [6, 6.07) is 3.54. The van der Waals surface area contributed by atoms with Gasteiger partial charge in [0.2, 0.25) is 0 Å². The second kappa shape index (κ2) is 7.38. The largest absolute Gasteiger partial charge is 0.381 e. The monoisotopic (exact) mass is 491 g/mol. The first-order valence-electron chi connectivity index (χ1n) is 11.4. The fourth-order valence-electron chi connectivity index (χ4n) is 4.96. The van der Waals surface area contributed by atoms with Gasteiger partial charge in [-0.1, -0.05) is 0 Å². The number of nitrogen functional groups attached to an aromatic ring is 1. The molecular formula is C24H25N7O3S.